The Morgan fingerprint density at radius 3 is 3.00 bits per heavy atom. The Hall–Kier alpha value is -2.18. The van der Waals surface area contributed by atoms with Gasteiger partial charge in [0.15, 0.2) is 5.65 Å². The average Bonchev–Trinajstić information content (AvgIpc) is 2.56. The van der Waals surface area contributed by atoms with Crippen LogP contribution in [0.2, 0.25) is 0 Å². The Labute approximate surface area is 90.0 Å². The van der Waals surface area contributed by atoms with Crippen LogP contribution < -0.4 is 5.69 Å². The molecular weight excluding hydrogens is 212 g/mol. The van der Waals surface area contributed by atoms with Crippen LogP contribution in [0.4, 0.5) is 0 Å². The number of fused-ring (bicyclic) bond motifs is 1. The predicted molar refractivity (Wildman–Crippen MR) is 54.0 cm³/mol. The molecule has 0 aliphatic carbocycles. The number of nitrogens with zero attached hydrogens (tertiary/aromatic N) is 4. The van der Waals surface area contributed by atoms with Crippen molar-refractivity contribution in [1.82, 2.24) is 19.2 Å². The lowest BCUT2D eigenvalue weighted by molar-refractivity contribution is -0.141. The molecule has 0 saturated heterocycles. The summed E-state index contributed by atoms with van der Waals surface area (Å²) in [5.74, 6) is -1.61. The molecule has 0 aromatic carbocycles. The van der Waals surface area contributed by atoms with Crippen molar-refractivity contribution in [2.75, 3.05) is 0 Å². The first-order valence-corrected chi connectivity index (χ1v) is 4.71. The van der Waals surface area contributed by atoms with E-state index in [1.165, 1.54) is 29.9 Å². The predicted octanol–water partition coefficient (Wildman–Crippen LogP) is -0.388. The Kier molecular flexibility index (Phi) is 2.43. The SMILES string of the molecule is CC(Cn1nc2cnccn2c1=O)C(=O)O. The lowest BCUT2D eigenvalue weighted by Crippen LogP contribution is -2.26. The lowest BCUT2D eigenvalue weighted by atomic mass is 10.2. The van der Waals surface area contributed by atoms with E-state index in [1.54, 1.807) is 0 Å². The highest BCUT2D eigenvalue weighted by atomic mass is 16.4. The molecule has 0 aliphatic rings. The molecule has 84 valence electrons. The van der Waals surface area contributed by atoms with E-state index < -0.39 is 11.9 Å². The molecule has 0 fully saturated rings. The van der Waals surface area contributed by atoms with Gasteiger partial charge in [-0.25, -0.2) is 13.9 Å². The number of carboxylic acid groups (broad SMARTS) is 1. The van der Waals surface area contributed by atoms with Crippen LogP contribution in [-0.2, 0) is 11.3 Å². The van der Waals surface area contributed by atoms with Gasteiger partial charge in [0.2, 0.25) is 0 Å². The van der Waals surface area contributed by atoms with Crippen molar-refractivity contribution in [3.05, 3.63) is 29.1 Å². The van der Waals surface area contributed by atoms with Gasteiger partial charge in [0.1, 0.15) is 0 Å². The van der Waals surface area contributed by atoms with Gasteiger partial charge in [-0.2, -0.15) is 0 Å². The molecule has 7 heteroatoms. The van der Waals surface area contributed by atoms with Gasteiger partial charge in [-0.3, -0.25) is 9.78 Å². The summed E-state index contributed by atoms with van der Waals surface area (Å²) in [6, 6.07) is 0. The summed E-state index contributed by atoms with van der Waals surface area (Å²) >= 11 is 0. The minimum Gasteiger partial charge on any atom is -0.481 e. The second-order valence-corrected chi connectivity index (χ2v) is 3.51. The van der Waals surface area contributed by atoms with Gasteiger partial charge in [0, 0.05) is 12.4 Å². The number of carboxylic acids is 1. The quantitative estimate of drug-likeness (QED) is 0.764. The van der Waals surface area contributed by atoms with Gasteiger partial charge in [0.05, 0.1) is 18.7 Å². The van der Waals surface area contributed by atoms with Gasteiger partial charge in [0.25, 0.3) is 0 Å². The summed E-state index contributed by atoms with van der Waals surface area (Å²) in [6.07, 6.45) is 4.41. The first kappa shape index (κ1) is 10.3. The first-order valence-electron chi connectivity index (χ1n) is 4.71. The molecule has 1 unspecified atom stereocenters. The molecule has 16 heavy (non-hydrogen) atoms. The normalized spacial score (nSPS) is 12.8. The lowest BCUT2D eigenvalue weighted by Gasteiger charge is -2.03. The van der Waals surface area contributed by atoms with E-state index in [0.29, 0.717) is 5.65 Å². The molecule has 2 heterocycles. The van der Waals surface area contributed by atoms with E-state index in [-0.39, 0.29) is 12.2 Å². The van der Waals surface area contributed by atoms with Crippen molar-refractivity contribution in [3.8, 4) is 0 Å². The van der Waals surface area contributed by atoms with Crippen LogP contribution >= 0.6 is 0 Å². The van der Waals surface area contributed by atoms with Crippen LogP contribution in [0, 0.1) is 5.92 Å². The summed E-state index contributed by atoms with van der Waals surface area (Å²) in [4.78, 5) is 26.2. The fraction of sp³-hybridized carbons (Fsp3) is 0.333. The second kappa shape index (κ2) is 3.76. The van der Waals surface area contributed by atoms with Gasteiger partial charge in [-0.15, -0.1) is 5.10 Å². The zero-order chi connectivity index (χ0) is 11.7. The smallest absolute Gasteiger partial charge is 0.350 e. The molecule has 0 spiro atoms. The van der Waals surface area contributed by atoms with Crippen molar-refractivity contribution >= 4 is 11.6 Å². The average molecular weight is 222 g/mol. The van der Waals surface area contributed by atoms with Crippen LogP contribution in [0.3, 0.4) is 0 Å². The Balaban J connectivity index is 2.42. The number of carbonyl (C=O) groups is 1. The monoisotopic (exact) mass is 222 g/mol. The van der Waals surface area contributed by atoms with Crippen LogP contribution in [0.25, 0.3) is 5.65 Å². The maximum Gasteiger partial charge on any atom is 0.350 e. The summed E-state index contributed by atoms with van der Waals surface area (Å²) in [6.45, 7) is 1.58. The largest absolute Gasteiger partial charge is 0.481 e. The number of hydrogen-bond donors (Lipinski definition) is 1. The molecule has 2 aromatic rings. The Bertz CT molecular complexity index is 586. The minimum atomic E-state index is -0.956. The summed E-state index contributed by atoms with van der Waals surface area (Å²) < 4.78 is 2.46. The topological polar surface area (TPSA) is 89.5 Å². The summed E-state index contributed by atoms with van der Waals surface area (Å²) in [5, 5.41) is 12.7. The van der Waals surface area contributed by atoms with Crippen LogP contribution in [-0.4, -0.2) is 30.2 Å². The van der Waals surface area contributed by atoms with E-state index in [2.05, 4.69) is 10.1 Å². The molecule has 2 rings (SSSR count). The molecule has 1 N–H and O–H groups in total. The maximum atomic E-state index is 11.7. The van der Waals surface area contributed by atoms with E-state index in [1.807, 2.05) is 0 Å². The maximum absolute atomic E-state index is 11.7. The van der Waals surface area contributed by atoms with Crippen LogP contribution in [0.1, 0.15) is 6.92 Å². The number of hydrogen-bond acceptors (Lipinski definition) is 4. The molecule has 0 aliphatic heterocycles. The first-order chi connectivity index (χ1) is 7.59. The summed E-state index contributed by atoms with van der Waals surface area (Å²) in [5.41, 5.74) is 0.0515. The van der Waals surface area contributed by atoms with Gasteiger partial charge >= 0.3 is 11.7 Å². The minimum absolute atomic E-state index is 0.0514. The van der Waals surface area contributed by atoms with Crippen molar-refractivity contribution in [2.45, 2.75) is 13.5 Å². The van der Waals surface area contributed by atoms with Gasteiger partial charge < -0.3 is 5.11 Å². The van der Waals surface area contributed by atoms with Crippen molar-refractivity contribution in [3.63, 3.8) is 0 Å². The van der Waals surface area contributed by atoms with Gasteiger partial charge in [-0.05, 0) is 0 Å². The molecule has 7 nitrogen and oxygen atoms in total. The van der Waals surface area contributed by atoms with E-state index in [9.17, 15) is 9.59 Å². The third-order valence-electron chi connectivity index (χ3n) is 2.26. The fourth-order valence-electron chi connectivity index (χ4n) is 1.34. The van der Waals surface area contributed by atoms with Crippen LogP contribution in [0.15, 0.2) is 23.4 Å². The number of rotatable bonds is 3. The fourth-order valence-corrected chi connectivity index (χ4v) is 1.34. The third-order valence-corrected chi connectivity index (χ3v) is 2.26. The Morgan fingerprint density at radius 1 is 1.62 bits per heavy atom. The number of aromatic nitrogens is 4. The molecular formula is C9H10N4O3. The highest BCUT2D eigenvalue weighted by Crippen LogP contribution is 1.99. The third kappa shape index (κ3) is 1.67. The zero-order valence-electron chi connectivity index (χ0n) is 8.57. The van der Waals surface area contributed by atoms with Crippen LogP contribution in [0.5, 0.6) is 0 Å². The molecule has 0 bridgehead atoms. The van der Waals surface area contributed by atoms with E-state index in [4.69, 9.17) is 5.11 Å². The molecule has 0 saturated carbocycles. The zero-order valence-corrected chi connectivity index (χ0v) is 8.57. The highest BCUT2D eigenvalue weighted by molar-refractivity contribution is 5.69. The molecule has 0 amide bonds. The van der Waals surface area contributed by atoms with E-state index >= 15 is 0 Å². The Morgan fingerprint density at radius 2 is 2.38 bits per heavy atom. The molecule has 2 aromatic heterocycles. The van der Waals surface area contributed by atoms with Crippen molar-refractivity contribution in [2.24, 2.45) is 5.92 Å². The summed E-state index contributed by atoms with van der Waals surface area (Å²) in [7, 11) is 0. The van der Waals surface area contributed by atoms with Crippen molar-refractivity contribution in [1.29, 1.82) is 0 Å². The van der Waals surface area contributed by atoms with E-state index in [0.717, 1.165) is 4.68 Å². The standard InChI is InChI=1S/C9H10N4O3/c1-6(8(14)15)5-13-9(16)12-3-2-10-4-7(12)11-13/h2-4,6H,5H2,1H3,(H,14,15). The molecule has 1 atom stereocenters. The highest BCUT2D eigenvalue weighted by Gasteiger charge is 2.15. The second-order valence-electron chi connectivity index (χ2n) is 3.51. The molecule has 0 radical (unpaired) electrons. The number of aliphatic carboxylic acids is 1. The van der Waals surface area contributed by atoms with Gasteiger partial charge in [-0.1, -0.05) is 6.92 Å². The van der Waals surface area contributed by atoms with Crippen molar-refractivity contribution < 1.29 is 9.90 Å².